The summed E-state index contributed by atoms with van der Waals surface area (Å²) in [5.74, 6) is 0.399. The van der Waals surface area contributed by atoms with Crippen LogP contribution in [0, 0.1) is 0 Å². The molecule has 0 heterocycles. The number of benzene rings is 2. The molecule has 0 aliphatic heterocycles. The van der Waals surface area contributed by atoms with Gasteiger partial charge in [0.1, 0.15) is 11.5 Å². The highest BCUT2D eigenvalue weighted by Gasteiger charge is 2.03. The Morgan fingerprint density at radius 2 is 1.55 bits per heavy atom. The molecule has 0 aliphatic rings. The van der Waals surface area contributed by atoms with Gasteiger partial charge in [-0.15, -0.1) is 0 Å². The summed E-state index contributed by atoms with van der Waals surface area (Å²) in [6, 6.07) is 14.4. The maximum absolute atomic E-state index is 9.59. The van der Waals surface area contributed by atoms with Crippen LogP contribution in [0.2, 0.25) is 0 Å². The molecule has 0 spiro atoms. The van der Waals surface area contributed by atoms with Gasteiger partial charge in [-0.1, -0.05) is 30.3 Å². The van der Waals surface area contributed by atoms with Crippen molar-refractivity contribution in [3.63, 3.8) is 0 Å². The zero-order valence-electron chi connectivity index (χ0n) is 12.0. The number of aromatic hydroxyl groups is 2. The maximum Gasteiger partial charge on any atom is 0.119 e. The van der Waals surface area contributed by atoms with Crippen LogP contribution in [0.4, 0.5) is 0 Å². The van der Waals surface area contributed by atoms with Crippen LogP contribution in [0.25, 0.3) is 0 Å². The van der Waals surface area contributed by atoms with Crippen molar-refractivity contribution in [2.75, 3.05) is 13.2 Å². The first kappa shape index (κ1) is 16.1. The van der Waals surface area contributed by atoms with Gasteiger partial charge in [-0.3, -0.25) is 0 Å². The SMILES string of the molecule is CCOCC.Oc1ccc(O)c(Cc2ccccc2)c1. The highest BCUT2D eigenvalue weighted by molar-refractivity contribution is 5.41. The van der Waals surface area contributed by atoms with E-state index in [1.54, 1.807) is 6.07 Å². The van der Waals surface area contributed by atoms with Crippen LogP contribution in [0.3, 0.4) is 0 Å². The van der Waals surface area contributed by atoms with Crippen molar-refractivity contribution in [3.8, 4) is 11.5 Å². The number of ether oxygens (including phenoxy) is 1. The summed E-state index contributed by atoms with van der Waals surface area (Å²) in [4.78, 5) is 0. The van der Waals surface area contributed by atoms with Crippen LogP contribution in [0.15, 0.2) is 48.5 Å². The monoisotopic (exact) mass is 274 g/mol. The minimum Gasteiger partial charge on any atom is -0.508 e. The predicted octanol–water partition coefficient (Wildman–Crippen LogP) is 3.73. The molecule has 0 saturated heterocycles. The average Bonchev–Trinajstić information content (AvgIpc) is 2.46. The van der Waals surface area contributed by atoms with Crippen molar-refractivity contribution in [2.45, 2.75) is 20.3 Å². The van der Waals surface area contributed by atoms with E-state index in [4.69, 9.17) is 4.74 Å². The molecule has 0 unspecified atom stereocenters. The van der Waals surface area contributed by atoms with Crippen LogP contribution in [0.1, 0.15) is 25.0 Å². The summed E-state index contributed by atoms with van der Waals surface area (Å²) in [6.07, 6.45) is 0.626. The fourth-order valence-corrected chi connectivity index (χ4v) is 1.73. The van der Waals surface area contributed by atoms with Gasteiger partial charge in [0, 0.05) is 25.2 Å². The summed E-state index contributed by atoms with van der Waals surface area (Å²) in [5, 5.41) is 18.9. The standard InChI is InChI=1S/C13H12O2.C4H10O/c14-12-6-7-13(15)11(9-12)8-10-4-2-1-3-5-10;1-3-5-4-2/h1-7,9,14-15H,8H2;3-4H2,1-2H3. The lowest BCUT2D eigenvalue weighted by atomic mass is 10.0. The lowest BCUT2D eigenvalue weighted by molar-refractivity contribution is 0.162. The molecule has 0 fully saturated rings. The van der Waals surface area contributed by atoms with Gasteiger partial charge in [0.25, 0.3) is 0 Å². The first-order valence-corrected chi connectivity index (χ1v) is 6.79. The van der Waals surface area contributed by atoms with Gasteiger partial charge in [-0.2, -0.15) is 0 Å². The normalized spacial score (nSPS) is 9.70. The predicted molar refractivity (Wildman–Crippen MR) is 81.2 cm³/mol. The Labute approximate surface area is 120 Å². The molecular formula is C17H22O3. The van der Waals surface area contributed by atoms with Gasteiger partial charge in [0.2, 0.25) is 0 Å². The minimum atomic E-state index is 0.179. The fourth-order valence-electron chi connectivity index (χ4n) is 1.73. The van der Waals surface area contributed by atoms with Crippen LogP contribution in [-0.4, -0.2) is 23.4 Å². The van der Waals surface area contributed by atoms with E-state index in [0.717, 1.165) is 24.3 Å². The van der Waals surface area contributed by atoms with E-state index in [0.29, 0.717) is 6.42 Å². The molecule has 3 nitrogen and oxygen atoms in total. The van der Waals surface area contributed by atoms with Gasteiger partial charge in [-0.05, 0) is 37.6 Å². The molecule has 0 radical (unpaired) electrons. The van der Waals surface area contributed by atoms with E-state index in [1.165, 1.54) is 12.1 Å². The molecule has 0 amide bonds. The van der Waals surface area contributed by atoms with Crippen LogP contribution >= 0.6 is 0 Å². The van der Waals surface area contributed by atoms with E-state index < -0.39 is 0 Å². The molecule has 20 heavy (non-hydrogen) atoms. The zero-order valence-corrected chi connectivity index (χ0v) is 12.0. The first-order chi connectivity index (χ1) is 9.67. The zero-order chi connectivity index (χ0) is 14.8. The Morgan fingerprint density at radius 1 is 0.900 bits per heavy atom. The van der Waals surface area contributed by atoms with Crippen LogP contribution in [-0.2, 0) is 11.2 Å². The fraction of sp³-hybridized carbons (Fsp3) is 0.294. The van der Waals surface area contributed by atoms with E-state index in [9.17, 15) is 10.2 Å². The first-order valence-electron chi connectivity index (χ1n) is 6.79. The van der Waals surface area contributed by atoms with Gasteiger partial charge >= 0.3 is 0 Å². The topological polar surface area (TPSA) is 49.7 Å². The van der Waals surface area contributed by atoms with Gasteiger partial charge < -0.3 is 14.9 Å². The quantitative estimate of drug-likeness (QED) is 0.835. The molecule has 2 aromatic carbocycles. The molecule has 2 aromatic rings. The molecule has 108 valence electrons. The van der Waals surface area contributed by atoms with Gasteiger partial charge in [-0.25, -0.2) is 0 Å². The largest absolute Gasteiger partial charge is 0.508 e. The van der Waals surface area contributed by atoms with E-state index in [2.05, 4.69) is 0 Å². The molecule has 3 heteroatoms. The summed E-state index contributed by atoms with van der Waals surface area (Å²) in [5.41, 5.74) is 1.85. The Hall–Kier alpha value is -2.00. The second-order valence-electron chi connectivity index (χ2n) is 4.26. The third kappa shape index (κ3) is 5.76. The number of hydrogen-bond acceptors (Lipinski definition) is 3. The molecule has 0 bridgehead atoms. The van der Waals surface area contributed by atoms with Crippen molar-refractivity contribution in [2.24, 2.45) is 0 Å². The Bertz CT molecular complexity index is 493. The number of phenolic OH excluding ortho intramolecular Hbond substituents is 2. The van der Waals surface area contributed by atoms with Crippen molar-refractivity contribution in [3.05, 3.63) is 59.7 Å². The summed E-state index contributed by atoms with van der Waals surface area (Å²) in [7, 11) is 0. The van der Waals surface area contributed by atoms with Crippen molar-refractivity contribution in [1.29, 1.82) is 0 Å². The molecular weight excluding hydrogens is 252 g/mol. The summed E-state index contributed by atoms with van der Waals surface area (Å²) in [6.45, 7) is 5.67. The molecule has 0 aliphatic carbocycles. The molecule has 0 aromatic heterocycles. The number of rotatable bonds is 4. The maximum atomic E-state index is 9.59. The van der Waals surface area contributed by atoms with Crippen molar-refractivity contribution < 1.29 is 14.9 Å². The molecule has 2 rings (SSSR count). The molecule has 0 atom stereocenters. The highest BCUT2D eigenvalue weighted by atomic mass is 16.5. The van der Waals surface area contributed by atoms with Gasteiger partial charge in [0.15, 0.2) is 0 Å². The van der Waals surface area contributed by atoms with Gasteiger partial charge in [0.05, 0.1) is 0 Å². The lowest BCUT2D eigenvalue weighted by Crippen LogP contribution is -1.88. The Balaban J connectivity index is 0.000000347. The molecule has 2 N–H and O–H groups in total. The van der Waals surface area contributed by atoms with E-state index in [1.807, 2.05) is 44.2 Å². The average molecular weight is 274 g/mol. The van der Waals surface area contributed by atoms with E-state index >= 15 is 0 Å². The minimum absolute atomic E-state index is 0.179. The summed E-state index contributed by atoms with van der Waals surface area (Å²) < 4.78 is 4.83. The Morgan fingerprint density at radius 3 is 2.10 bits per heavy atom. The van der Waals surface area contributed by atoms with Crippen molar-refractivity contribution in [1.82, 2.24) is 0 Å². The third-order valence-corrected chi connectivity index (χ3v) is 2.71. The number of hydrogen-bond donors (Lipinski definition) is 2. The van der Waals surface area contributed by atoms with Crippen LogP contribution < -0.4 is 0 Å². The lowest BCUT2D eigenvalue weighted by Gasteiger charge is -2.05. The highest BCUT2D eigenvalue weighted by Crippen LogP contribution is 2.24. The third-order valence-electron chi connectivity index (χ3n) is 2.71. The Kier molecular flexibility index (Phi) is 7.22. The van der Waals surface area contributed by atoms with Crippen molar-refractivity contribution >= 4 is 0 Å². The van der Waals surface area contributed by atoms with Crippen LogP contribution in [0.5, 0.6) is 11.5 Å². The van der Waals surface area contributed by atoms with E-state index in [-0.39, 0.29) is 11.5 Å². The second kappa shape index (κ2) is 8.99. The number of phenols is 2. The second-order valence-corrected chi connectivity index (χ2v) is 4.26. The smallest absolute Gasteiger partial charge is 0.119 e. The summed E-state index contributed by atoms with van der Waals surface area (Å²) >= 11 is 0. The molecule has 0 saturated carbocycles.